The van der Waals surface area contributed by atoms with Crippen molar-refractivity contribution in [1.82, 2.24) is 14.8 Å². The minimum atomic E-state index is -0.912. The summed E-state index contributed by atoms with van der Waals surface area (Å²) < 4.78 is 7.01. The third-order valence-electron chi connectivity index (χ3n) is 4.63. The molecule has 0 bridgehead atoms. The van der Waals surface area contributed by atoms with E-state index in [1.165, 1.54) is 6.20 Å². The van der Waals surface area contributed by atoms with Crippen LogP contribution in [0.4, 0.5) is 0 Å². The highest BCUT2D eigenvalue weighted by Gasteiger charge is 2.25. The van der Waals surface area contributed by atoms with Gasteiger partial charge < -0.3 is 9.72 Å². The van der Waals surface area contributed by atoms with Gasteiger partial charge in [0, 0.05) is 28.4 Å². The first-order chi connectivity index (χ1) is 13.5. The number of fused-ring (bicyclic) bond motifs is 1. The van der Waals surface area contributed by atoms with Gasteiger partial charge in [-0.15, -0.1) is 0 Å². The Bertz CT molecular complexity index is 1160. The van der Waals surface area contributed by atoms with E-state index < -0.39 is 12.1 Å². The van der Waals surface area contributed by atoms with Gasteiger partial charge >= 0.3 is 5.97 Å². The Labute approximate surface area is 161 Å². The molecule has 0 amide bonds. The van der Waals surface area contributed by atoms with Crippen LogP contribution in [0.25, 0.3) is 16.6 Å². The zero-order chi connectivity index (χ0) is 19.7. The van der Waals surface area contributed by atoms with Gasteiger partial charge in [0.05, 0.1) is 17.4 Å². The number of para-hydroxylation sites is 2. The summed E-state index contributed by atoms with van der Waals surface area (Å²) in [5.41, 5.74) is 3.31. The molecule has 28 heavy (non-hydrogen) atoms. The van der Waals surface area contributed by atoms with Crippen LogP contribution in [0.3, 0.4) is 0 Å². The van der Waals surface area contributed by atoms with Crippen molar-refractivity contribution >= 4 is 22.7 Å². The first-order valence-electron chi connectivity index (χ1n) is 8.97. The molecular weight excluding hydrogens is 354 g/mol. The summed E-state index contributed by atoms with van der Waals surface area (Å²) in [6.07, 6.45) is 2.11. The summed E-state index contributed by atoms with van der Waals surface area (Å²) in [7, 11) is 0. The number of H-pyrrole nitrogens is 1. The third-order valence-corrected chi connectivity index (χ3v) is 4.63. The van der Waals surface area contributed by atoms with E-state index in [1.807, 2.05) is 61.5 Å². The molecule has 6 heteroatoms. The summed E-state index contributed by atoms with van der Waals surface area (Å²) in [6, 6.07) is 17.0. The van der Waals surface area contributed by atoms with E-state index in [1.54, 1.807) is 17.8 Å². The Morgan fingerprint density at radius 2 is 1.79 bits per heavy atom. The number of benzene rings is 2. The van der Waals surface area contributed by atoms with Crippen molar-refractivity contribution in [2.75, 3.05) is 0 Å². The zero-order valence-corrected chi connectivity index (χ0v) is 15.5. The zero-order valence-electron chi connectivity index (χ0n) is 15.5. The number of hydrogen-bond acceptors (Lipinski definition) is 4. The summed E-state index contributed by atoms with van der Waals surface area (Å²) >= 11 is 0. The number of rotatable bonds is 5. The fourth-order valence-corrected chi connectivity index (χ4v) is 3.23. The minimum absolute atomic E-state index is 0.237. The third kappa shape index (κ3) is 3.20. The number of ether oxygens (including phenoxy) is 1. The van der Waals surface area contributed by atoms with Crippen LogP contribution in [0.1, 0.15) is 33.3 Å². The molecule has 0 saturated carbocycles. The van der Waals surface area contributed by atoms with Crippen molar-refractivity contribution in [3.8, 4) is 5.69 Å². The van der Waals surface area contributed by atoms with Gasteiger partial charge in [0.25, 0.3) is 0 Å². The molecule has 1 N–H and O–H groups in total. The van der Waals surface area contributed by atoms with Crippen LogP contribution in [0.2, 0.25) is 0 Å². The first kappa shape index (κ1) is 17.7. The van der Waals surface area contributed by atoms with Gasteiger partial charge in [-0.05, 0) is 32.0 Å². The molecule has 0 aliphatic heterocycles. The SMILES string of the molecule is Cc1[nH]c2ccccc2c1C(=O)[C@@H](C)OC(=O)c1cnn(-c2ccccc2)c1. The molecule has 0 radical (unpaired) electrons. The molecule has 2 heterocycles. The van der Waals surface area contributed by atoms with Gasteiger partial charge in [-0.25, -0.2) is 9.48 Å². The molecule has 140 valence electrons. The Kier molecular flexibility index (Phi) is 4.53. The summed E-state index contributed by atoms with van der Waals surface area (Å²) in [5, 5.41) is 5.01. The average Bonchev–Trinajstić information content (AvgIpc) is 3.32. The second-order valence-electron chi connectivity index (χ2n) is 6.59. The fourth-order valence-electron chi connectivity index (χ4n) is 3.23. The number of carbonyl (C=O) groups is 2. The molecule has 0 saturated heterocycles. The van der Waals surface area contributed by atoms with Crippen LogP contribution in [0, 0.1) is 6.92 Å². The quantitative estimate of drug-likeness (QED) is 0.422. The van der Waals surface area contributed by atoms with Crippen LogP contribution in [-0.4, -0.2) is 32.6 Å². The second-order valence-corrected chi connectivity index (χ2v) is 6.59. The number of ketones is 1. The normalized spacial score (nSPS) is 12.1. The molecule has 0 aliphatic rings. The van der Waals surface area contributed by atoms with Crippen LogP contribution >= 0.6 is 0 Å². The molecule has 4 aromatic rings. The van der Waals surface area contributed by atoms with E-state index in [4.69, 9.17) is 4.74 Å². The number of hydrogen-bond donors (Lipinski definition) is 1. The predicted octanol–water partition coefficient (Wildman–Crippen LogP) is 4.09. The largest absolute Gasteiger partial charge is 0.451 e. The van der Waals surface area contributed by atoms with E-state index in [9.17, 15) is 9.59 Å². The van der Waals surface area contributed by atoms with Crippen molar-refractivity contribution in [1.29, 1.82) is 0 Å². The lowest BCUT2D eigenvalue weighted by Crippen LogP contribution is -2.24. The maximum atomic E-state index is 12.9. The average molecular weight is 373 g/mol. The lowest BCUT2D eigenvalue weighted by molar-refractivity contribution is 0.0319. The molecule has 4 rings (SSSR count). The van der Waals surface area contributed by atoms with Crippen molar-refractivity contribution in [2.24, 2.45) is 0 Å². The smallest absolute Gasteiger partial charge is 0.342 e. The fraction of sp³-hybridized carbons (Fsp3) is 0.136. The number of nitrogens with one attached hydrogen (secondary N) is 1. The molecule has 0 spiro atoms. The number of Topliss-reactive ketones (excluding diaryl/α,β-unsaturated/α-hetero) is 1. The molecule has 6 nitrogen and oxygen atoms in total. The Morgan fingerprint density at radius 1 is 1.07 bits per heavy atom. The lowest BCUT2D eigenvalue weighted by Gasteiger charge is -2.12. The van der Waals surface area contributed by atoms with Gasteiger partial charge in [0.15, 0.2) is 6.10 Å². The van der Waals surface area contributed by atoms with Crippen molar-refractivity contribution < 1.29 is 14.3 Å². The van der Waals surface area contributed by atoms with E-state index in [0.717, 1.165) is 22.3 Å². The monoisotopic (exact) mass is 373 g/mol. The Balaban J connectivity index is 1.52. The highest BCUT2D eigenvalue weighted by molar-refractivity contribution is 6.11. The highest BCUT2D eigenvalue weighted by atomic mass is 16.5. The van der Waals surface area contributed by atoms with Crippen molar-refractivity contribution in [2.45, 2.75) is 20.0 Å². The summed E-state index contributed by atoms with van der Waals surface area (Å²) in [6.45, 7) is 3.43. The van der Waals surface area contributed by atoms with E-state index >= 15 is 0 Å². The molecular formula is C22H19N3O3. The molecule has 0 fully saturated rings. The number of aromatic nitrogens is 3. The van der Waals surface area contributed by atoms with Crippen molar-refractivity contribution in [3.05, 3.63) is 83.8 Å². The molecule has 2 aromatic carbocycles. The van der Waals surface area contributed by atoms with E-state index in [-0.39, 0.29) is 5.78 Å². The van der Waals surface area contributed by atoms with Crippen LogP contribution in [0.5, 0.6) is 0 Å². The standard InChI is InChI=1S/C22H19N3O3/c1-14-20(18-10-6-7-11-19(18)24-14)21(26)15(2)28-22(27)16-12-23-25(13-16)17-8-4-3-5-9-17/h3-13,15,24H,1-2H3/t15-/m1/s1. The molecule has 2 aromatic heterocycles. The number of aryl methyl sites for hydroxylation is 1. The van der Waals surface area contributed by atoms with Gasteiger partial charge in [-0.3, -0.25) is 4.79 Å². The van der Waals surface area contributed by atoms with Crippen molar-refractivity contribution in [3.63, 3.8) is 0 Å². The molecule has 0 unspecified atom stereocenters. The number of nitrogens with zero attached hydrogens (tertiary/aromatic N) is 2. The van der Waals surface area contributed by atoms with E-state index in [2.05, 4.69) is 10.1 Å². The van der Waals surface area contributed by atoms with Gasteiger partial charge in [0.1, 0.15) is 0 Å². The van der Waals surface area contributed by atoms with Crippen LogP contribution in [0.15, 0.2) is 67.0 Å². The molecule has 1 atom stereocenters. The van der Waals surface area contributed by atoms with Gasteiger partial charge in [0.2, 0.25) is 5.78 Å². The van der Waals surface area contributed by atoms with E-state index in [0.29, 0.717) is 11.1 Å². The highest BCUT2D eigenvalue weighted by Crippen LogP contribution is 2.24. The second kappa shape index (κ2) is 7.15. The summed E-state index contributed by atoms with van der Waals surface area (Å²) in [5.74, 6) is -0.820. The minimum Gasteiger partial charge on any atom is -0.451 e. The van der Waals surface area contributed by atoms with Crippen LogP contribution < -0.4 is 0 Å². The van der Waals surface area contributed by atoms with Gasteiger partial charge in [-0.1, -0.05) is 36.4 Å². The maximum absolute atomic E-state index is 12.9. The number of esters is 1. The van der Waals surface area contributed by atoms with Gasteiger partial charge in [-0.2, -0.15) is 5.10 Å². The summed E-state index contributed by atoms with van der Waals surface area (Å²) in [4.78, 5) is 28.6. The maximum Gasteiger partial charge on any atom is 0.342 e. The lowest BCUT2D eigenvalue weighted by atomic mass is 10.0. The molecule has 0 aliphatic carbocycles. The topological polar surface area (TPSA) is 77.0 Å². The first-order valence-corrected chi connectivity index (χ1v) is 8.97. The predicted molar refractivity (Wildman–Crippen MR) is 106 cm³/mol. The Hall–Kier alpha value is -3.67. The van der Waals surface area contributed by atoms with Crippen LogP contribution in [-0.2, 0) is 4.74 Å². The number of carbonyl (C=O) groups excluding carboxylic acids is 2. The Morgan fingerprint density at radius 3 is 2.57 bits per heavy atom. The number of aromatic amines is 1.